The molecule has 1 aromatic carbocycles. The molecule has 0 unspecified atom stereocenters. The van der Waals surface area contributed by atoms with E-state index in [1.807, 2.05) is 6.92 Å². The van der Waals surface area contributed by atoms with Crippen molar-refractivity contribution in [1.29, 1.82) is 0 Å². The van der Waals surface area contributed by atoms with E-state index < -0.39 is 10.0 Å². The molecule has 2 rings (SSSR count). The van der Waals surface area contributed by atoms with E-state index in [1.165, 1.54) is 12.1 Å². The molecule has 1 heterocycles. The van der Waals surface area contributed by atoms with Gasteiger partial charge < -0.3 is 5.73 Å². The lowest BCUT2D eigenvalue weighted by Gasteiger charge is -2.06. The van der Waals surface area contributed by atoms with E-state index in [0.717, 1.165) is 11.3 Å². The average molecular weight is 280 g/mol. The Bertz CT molecular complexity index is 692. The van der Waals surface area contributed by atoms with Gasteiger partial charge in [0.2, 0.25) is 10.0 Å². The molecule has 0 aliphatic rings. The number of rotatable bonds is 4. The van der Waals surface area contributed by atoms with E-state index in [2.05, 4.69) is 9.82 Å². The largest absolute Gasteiger partial charge is 0.399 e. The van der Waals surface area contributed by atoms with Crippen molar-refractivity contribution in [3.05, 3.63) is 41.7 Å². The summed E-state index contributed by atoms with van der Waals surface area (Å²) < 4.78 is 28.4. The first-order valence-electron chi connectivity index (χ1n) is 5.73. The normalized spacial score (nSPS) is 11.7. The Balaban J connectivity index is 2.16. The standard InChI is InChI=1S/C12H16N4O2S/c1-9-10(8-16(2)15-9)7-14-19(17,18)12-5-3-4-11(13)6-12/h3-6,8,14H,7,13H2,1-2H3. The lowest BCUT2D eigenvalue weighted by Crippen LogP contribution is -2.23. The summed E-state index contributed by atoms with van der Waals surface area (Å²) in [4.78, 5) is 0.161. The Morgan fingerprint density at radius 1 is 1.42 bits per heavy atom. The molecule has 2 aromatic rings. The van der Waals surface area contributed by atoms with Crippen LogP contribution in [0.2, 0.25) is 0 Å². The topological polar surface area (TPSA) is 90.0 Å². The van der Waals surface area contributed by atoms with Crippen molar-refractivity contribution in [3.63, 3.8) is 0 Å². The molecule has 0 fully saturated rings. The number of aromatic nitrogens is 2. The van der Waals surface area contributed by atoms with Crippen LogP contribution in [0.5, 0.6) is 0 Å². The van der Waals surface area contributed by atoms with Crippen LogP contribution >= 0.6 is 0 Å². The van der Waals surface area contributed by atoms with Crippen LogP contribution in [0.4, 0.5) is 5.69 Å². The predicted octanol–water partition coefficient (Wildman–Crippen LogP) is 0.789. The number of sulfonamides is 1. The highest BCUT2D eigenvalue weighted by Crippen LogP contribution is 2.13. The Kier molecular flexibility index (Phi) is 3.59. The van der Waals surface area contributed by atoms with Crippen molar-refractivity contribution in [2.75, 3.05) is 5.73 Å². The fourth-order valence-corrected chi connectivity index (χ4v) is 2.82. The zero-order valence-electron chi connectivity index (χ0n) is 10.8. The van der Waals surface area contributed by atoms with Crippen LogP contribution in [-0.4, -0.2) is 18.2 Å². The Hall–Kier alpha value is -1.86. The molecular formula is C12H16N4O2S. The second kappa shape index (κ2) is 5.02. The summed E-state index contributed by atoms with van der Waals surface area (Å²) in [5, 5.41) is 4.16. The molecule has 0 saturated carbocycles. The molecule has 0 aliphatic heterocycles. The molecule has 0 aliphatic carbocycles. The third-order valence-corrected chi connectivity index (χ3v) is 4.14. The van der Waals surface area contributed by atoms with Crippen LogP contribution in [-0.2, 0) is 23.6 Å². The number of anilines is 1. The molecule has 6 nitrogen and oxygen atoms in total. The minimum absolute atomic E-state index is 0.161. The van der Waals surface area contributed by atoms with E-state index >= 15 is 0 Å². The number of nitrogens with one attached hydrogen (secondary N) is 1. The quantitative estimate of drug-likeness (QED) is 0.810. The average Bonchev–Trinajstić information content (AvgIpc) is 2.65. The maximum atomic E-state index is 12.1. The highest BCUT2D eigenvalue weighted by Gasteiger charge is 2.15. The van der Waals surface area contributed by atoms with Crippen LogP contribution in [0.25, 0.3) is 0 Å². The molecule has 0 spiro atoms. The van der Waals surface area contributed by atoms with Crippen LogP contribution < -0.4 is 10.5 Å². The lowest BCUT2D eigenvalue weighted by molar-refractivity contribution is 0.581. The molecule has 0 radical (unpaired) electrons. The van der Waals surface area contributed by atoms with Crippen molar-refractivity contribution in [2.24, 2.45) is 7.05 Å². The summed E-state index contributed by atoms with van der Waals surface area (Å²) in [5.74, 6) is 0. The first-order chi connectivity index (χ1) is 8.88. The molecule has 102 valence electrons. The number of benzene rings is 1. The predicted molar refractivity (Wildman–Crippen MR) is 72.8 cm³/mol. The van der Waals surface area contributed by atoms with Crippen molar-refractivity contribution in [2.45, 2.75) is 18.4 Å². The van der Waals surface area contributed by atoms with Gasteiger partial charge in [-0.3, -0.25) is 4.68 Å². The summed E-state index contributed by atoms with van der Waals surface area (Å²) in [7, 11) is -1.76. The molecule has 0 atom stereocenters. The summed E-state index contributed by atoms with van der Waals surface area (Å²) in [6.07, 6.45) is 1.79. The van der Waals surface area contributed by atoms with Crippen LogP contribution in [0.3, 0.4) is 0 Å². The van der Waals surface area contributed by atoms with Gasteiger partial charge in [-0.2, -0.15) is 5.10 Å². The first kappa shape index (κ1) is 13.6. The van der Waals surface area contributed by atoms with Gasteiger partial charge >= 0.3 is 0 Å². The van der Waals surface area contributed by atoms with Crippen molar-refractivity contribution >= 4 is 15.7 Å². The molecule has 3 N–H and O–H groups in total. The summed E-state index contributed by atoms with van der Waals surface area (Å²) in [6, 6.07) is 6.19. The van der Waals surface area contributed by atoms with E-state index in [9.17, 15) is 8.42 Å². The second-order valence-electron chi connectivity index (χ2n) is 4.31. The Morgan fingerprint density at radius 3 is 2.74 bits per heavy atom. The van der Waals surface area contributed by atoms with Crippen molar-refractivity contribution in [3.8, 4) is 0 Å². The van der Waals surface area contributed by atoms with E-state index in [1.54, 1.807) is 30.1 Å². The SMILES string of the molecule is Cc1nn(C)cc1CNS(=O)(=O)c1cccc(N)c1. The van der Waals surface area contributed by atoms with Gasteiger partial charge in [0.05, 0.1) is 10.6 Å². The number of hydrogen-bond donors (Lipinski definition) is 2. The number of aryl methyl sites for hydroxylation is 2. The number of nitrogens with two attached hydrogens (primary N) is 1. The third-order valence-electron chi connectivity index (χ3n) is 2.74. The van der Waals surface area contributed by atoms with Gasteiger partial charge in [-0.25, -0.2) is 13.1 Å². The van der Waals surface area contributed by atoms with Gasteiger partial charge in [-0.1, -0.05) is 6.07 Å². The van der Waals surface area contributed by atoms with Gasteiger partial charge in [0.15, 0.2) is 0 Å². The third kappa shape index (κ3) is 3.12. The van der Waals surface area contributed by atoms with Crippen LogP contribution in [0.15, 0.2) is 35.4 Å². The highest BCUT2D eigenvalue weighted by molar-refractivity contribution is 7.89. The number of hydrogen-bond acceptors (Lipinski definition) is 4. The zero-order chi connectivity index (χ0) is 14.0. The summed E-state index contributed by atoms with van der Waals surface area (Å²) in [6.45, 7) is 2.04. The van der Waals surface area contributed by atoms with Crippen molar-refractivity contribution < 1.29 is 8.42 Å². The van der Waals surface area contributed by atoms with Gasteiger partial charge in [-0.15, -0.1) is 0 Å². The highest BCUT2D eigenvalue weighted by atomic mass is 32.2. The fraction of sp³-hybridized carbons (Fsp3) is 0.250. The molecular weight excluding hydrogens is 264 g/mol. The molecule has 19 heavy (non-hydrogen) atoms. The molecule has 0 saturated heterocycles. The molecule has 1 aromatic heterocycles. The van der Waals surface area contributed by atoms with Crippen LogP contribution in [0.1, 0.15) is 11.3 Å². The first-order valence-corrected chi connectivity index (χ1v) is 7.21. The fourth-order valence-electron chi connectivity index (χ4n) is 1.76. The number of nitrogens with zero attached hydrogens (tertiary/aromatic N) is 2. The van der Waals surface area contributed by atoms with Gasteiger partial charge in [0, 0.05) is 31.0 Å². The van der Waals surface area contributed by atoms with Gasteiger partial charge in [-0.05, 0) is 25.1 Å². The van der Waals surface area contributed by atoms with Crippen LogP contribution in [0, 0.1) is 6.92 Å². The van der Waals surface area contributed by atoms with E-state index in [4.69, 9.17) is 5.73 Å². The summed E-state index contributed by atoms with van der Waals surface area (Å²) in [5.41, 5.74) is 7.65. The van der Waals surface area contributed by atoms with E-state index in [0.29, 0.717) is 5.69 Å². The maximum Gasteiger partial charge on any atom is 0.240 e. The Morgan fingerprint density at radius 2 is 2.16 bits per heavy atom. The van der Waals surface area contributed by atoms with E-state index in [-0.39, 0.29) is 11.4 Å². The molecule has 0 amide bonds. The monoisotopic (exact) mass is 280 g/mol. The molecule has 0 bridgehead atoms. The zero-order valence-corrected chi connectivity index (χ0v) is 11.6. The lowest BCUT2D eigenvalue weighted by atomic mass is 10.3. The van der Waals surface area contributed by atoms with Gasteiger partial charge in [0.25, 0.3) is 0 Å². The minimum atomic E-state index is -3.56. The number of nitrogen functional groups attached to an aromatic ring is 1. The molecule has 7 heteroatoms. The smallest absolute Gasteiger partial charge is 0.240 e. The maximum absolute atomic E-state index is 12.1. The minimum Gasteiger partial charge on any atom is -0.399 e. The Labute approximate surface area is 112 Å². The second-order valence-corrected chi connectivity index (χ2v) is 6.08. The summed E-state index contributed by atoms with van der Waals surface area (Å²) >= 11 is 0. The van der Waals surface area contributed by atoms with Gasteiger partial charge in [0.1, 0.15) is 0 Å². The van der Waals surface area contributed by atoms with Crippen molar-refractivity contribution in [1.82, 2.24) is 14.5 Å².